The zero-order valence-electron chi connectivity index (χ0n) is 28.5. The van der Waals surface area contributed by atoms with Gasteiger partial charge in [-0.1, -0.05) is 5.21 Å². The van der Waals surface area contributed by atoms with Crippen molar-refractivity contribution in [2.75, 3.05) is 32.8 Å². The lowest BCUT2D eigenvalue weighted by molar-refractivity contribution is -0.158. The van der Waals surface area contributed by atoms with Gasteiger partial charge in [-0.25, -0.2) is 14.3 Å². The van der Waals surface area contributed by atoms with Gasteiger partial charge in [-0.2, -0.15) is 0 Å². The van der Waals surface area contributed by atoms with Crippen molar-refractivity contribution in [1.29, 1.82) is 0 Å². The maximum absolute atomic E-state index is 13.9. The average molecular weight is 625 g/mol. The van der Waals surface area contributed by atoms with E-state index >= 15 is 0 Å². The minimum Gasteiger partial charge on any atom is -0.460 e. The molecule has 1 aliphatic rings. The van der Waals surface area contributed by atoms with Gasteiger partial charge < -0.3 is 34.1 Å². The second-order valence-corrected chi connectivity index (χ2v) is 14.8. The van der Waals surface area contributed by atoms with Crippen molar-refractivity contribution in [3.8, 4) is 0 Å². The van der Waals surface area contributed by atoms with Crippen LogP contribution in [0.2, 0.25) is 0 Å². The molecular weight excluding hydrogens is 572 g/mol. The van der Waals surface area contributed by atoms with Crippen molar-refractivity contribution < 1.29 is 38.1 Å². The molecule has 1 aliphatic heterocycles. The van der Waals surface area contributed by atoms with Gasteiger partial charge in [0.2, 0.25) is 5.91 Å². The summed E-state index contributed by atoms with van der Waals surface area (Å²) in [4.78, 5) is 55.1. The van der Waals surface area contributed by atoms with Crippen LogP contribution in [0.4, 0.5) is 9.59 Å². The molecule has 0 spiro atoms. The zero-order valence-corrected chi connectivity index (χ0v) is 28.5. The highest BCUT2D eigenvalue weighted by atomic mass is 16.6. The number of nitrogens with one attached hydrogen (secondary N) is 1. The fourth-order valence-corrected chi connectivity index (χ4v) is 4.07. The van der Waals surface area contributed by atoms with E-state index in [2.05, 4.69) is 15.6 Å². The Balaban J connectivity index is 2.32. The van der Waals surface area contributed by atoms with E-state index in [1.165, 1.54) is 10.9 Å². The number of carbonyl (C=O) groups is 4. The van der Waals surface area contributed by atoms with E-state index in [0.29, 0.717) is 5.69 Å². The lowest BCUT2D eigenvalue weighted by Crippen LogP contribution is -2.53. The molecule has 0 aliphatic carbocycles. The highest BCUT2D eigenvalue weighted by molar-refractivity contribution is 5.85. The third-order valence-corrected chi connectivity index (χ3v) is 5.89. The number of esters is 1. The van der Waals surface area contributed by atoms with E-state index < -0.39 is 52.6 Å². The predicted octanol–water partition coefficient (Wildman–Crippen LogP) is 4.01. The van der Waals surface area contributed by atoms with Crippen molar-refractivity contribution in [2.45, 2.75) is 124 Å². The summed E-state index contributed by atoms with van der Waals surface area (Å²) in [6.07, 6.45) is 0.0989. The minimum absolute atomic E-state index is 0.0543. The molecule has 250 valence electrons. The zero-order chi connectivity index (χ0) is 33.7. The summed E-state index contributed by atoms with van der Waals surface area (Å²) in [5.74, 6) is -0.960. The molecule has 1 aromatic heterocycles. The second kappa shape index (κ2) is 14.1. The van der Waals surface area contributed by atoms with Gasteiger partial charge in [-0.15, -0.1) is 5.10 Å². The first-order valence-corrected chi connectivity index (χ1v) is 15.0. The Morgan fingerprint density at radius 2 is 1.30 bits per heavy atom. The SMILES string of the molecule is CC(C)(C)OC[C@@H](NC(=O)OC(C)(C)C)c1cn([C@@H](CC(=O)OC(C)(C)C)C(=O)N2CCN(C(=O)OC(C)(C)C)CC2)nn1. The van der Waals surface area contributed by atoms with Gasteiger partial charge >= 0.3 is 18.2 Å². The van der Waals surface area contributed by atoms with E-state index in [1.54, 1.807) is 72.1 Å². The van der Waals surface area contributed by atoms with Crippen LogP contribution in [0.5, 0.6) is 0 Å². The molecule has 2 atom stereocenters. The van der Waals surface area contributed by atoms with Gasteiger partial charge in [0.05, 0.1) is 24.8 Å². The topological polar surface area (TPSA) is 154 Å². The van der Waals surface area contributed by atoms with Gasteiger partial charge in [-0.3, -0.25) is 9.59 Å². The van der Waals surface area contributed by atoms with Crippen LogP contribution in [0.25, 0.3) is 0 Å². The van der Waals surface area contributed by atoms with Crippen LogP contribution in [-0.2, 0) is 28.5 Å². The van der Waals surface area contributed by atoms with Gasteiger partial charge in [-0.05, 0) is 83.1 Å². The fraction of sp³-hybridized carbons (Fsp3) is 0.800. The number of alkyl carbamates (subject to hydrolysis) is 1. The minimum atomic E-state index is -1.08. The summed E-state index contributed by atoms with van der Waals surface area (Å²) in [5, 5.41) is 11.2. The Hall–Kier alpha value is -3.42. The first-order valence-electron chi connectivity index (χ1n) is 15.0. The number of hydrogen-bond donors (Lipinski definition) is 1. The summed E-state index contributed by atoms with van der Waals surface area (Å²) in [6.45, 7) is 22.6. The monoisotopic (exact) mass is 624 g/mol. The van der Waals surface area contributed by atoms with Crippen molar-refractivity contribution in [1.82, 2.24) is 30.1 Å². The molecule has 1 fully saturated rings. The number of rotatable bonds is 8. The lowest BCUT2D eigenvalue weighted by Gasteiger charge is -2.36. The normalized spacial score (nSPS) is 16.2. The highest BCUT2D eigenvalue weighted by Gasteiger charge is 2.35. The third kappa shape index (κ3) is 13.1. The number of carbonyl (C=O) groups excluding carboxylic acids is 4. The van der Waals surface area contributed by atoms with Gasteiger partial charge in [0, 0.05) is 26.2 Å². The molecule has 0 radical (unpaired) electrons. The molecule has 1 saturated heterocycles. The standard InChI is InChI=1S/C30H52N6O8/c1-27(2,3)41-19-21(31-25(39)43-29(7,8)9)20-18-36(33-32-20)22(17-23(37)42-28(4,5)6)24(38)34-13-15-35(16-14-34)26(40)44-30(10,11)12/h18,21-22H,13-17,19H2,1-12H3,(H,31,39)/t21-,22+/m1/s1. The number of hydrogen-bond acceptors (Lipinski definition) is 10. The molecule has 0 aromatic carbocycles. The number of ether oxygens (including phenoxy) is 4. The van der Waals surface area contributed by atoms with Crippen LogP contribution in [0.1, 0.15) is 107 Å². The Morgan fingerprint density at radius 3 is 1.80 bits per heavy atom. The van der Waals surface area contributed by atoms with Gasteiger partial charge in [0.15, 0.2) is 0 Å². The molecule has 0 bridgehead atoms. The summed E-state index contributed by atoms with van der Waals surface area (Å²) in [7, 11) is 0. The molecule has 0 unspecified atom stereocenters. The molecule has 3 amide bonds. The van der Waals surface area contributed by atoms with Crippen LogP contribution >= 0.6 is 0 Å². The molecule has 1 aromatic rings. The largest absolute Gasteiger partial charge is 0.460 e. The van der Waals surface area contributed by atoms with E-state index in [4.69, 9.17) is 18.9 Å². The average Bonchev–Trinajstić information content (AvgIpc) is 3.31. The van der Waals surface area contributed by atoms with Gasteiger partial charge in [0.1, 0.15) is 34.6 Å². The van der Waals surface area contributed by atoms with E-state index in [-0.39, 0.29) is 45.1 Å². The third-order valence-electron chi connectivity index (χ3n) is 5.89. The summed E-state index contributed by atoms with van der Waals surface area (Å²) >= 11 is 0. The Labute approximate surface area is 261 Å². The Bertz CT molecular complexity index is 1150. The second-order valence-electron chi connectivity index (χ2n) is 14.8. The van der Waals surface area contributed by atoms with Crippen LogP contribution in [0.3, 0.4) is 0 Å². The van der Waals surface area contributed by atoms with Crippen molar-refractivity contribution >= 4 is 24.1 Å². The number of aromatic nitrogens is 3. The van der Waals surface area contributed by atoms with Crippen LogP contribution in [0.15, 0.2) is 6.20 Å². The quantitative estimate of drug-likeness (QED) is 0.331. The Kier molecular flexibility index (Phi) is 11.8. The maximum Gasteiger partial charge on any atom is 0.410 e. The molecule has 14 nitrogen and oxygen atoms in total. The number of piperazine rings is 1. The first kappa shape index (κ1) is 36.8. The molecule has 2 rings (SSSR count). The van der Waals surface area contributed by atoms with Crippen LogP contribution in [0, 0.1) is 0 Å². The summed E-state index contributed by atoms with van der Waals surface area (Å²) < 4.78 is 23.6. The first-order chi connectivity index (χ1) is 19.9. The molecule has 0 saturated carbocycles. The van der Waals surface area contributed by atoms with Crippen molar-refractivity contribution in [3.05, 3.63) is 11.9 Å². The van der Waals surface area contributed by atoms with Crippen LogP contribution in [-0.4, -0.2) is 104 Å². The summed E-state index contributed by atoms with van der Waals surface area (Å²) in [6, 6.07) is -1.84. The lowest BCUT2D eigenvalue weighted by atomic mass is 10.1. The predicted molar refractivity (Wildman–Crippen MR) is 162 cm³/mol. The number of amides is 3. The smallest absolute Gasteiger partial charge is 0.410 e. The molecule has 14 heteroatoms. The van der Waals surface area contributed by atoms with Crippen LogP contribution < -0.4 is 5.32 Å². The maximum atomic E-state index is 13.9. The van der Waals surface area contributed by atoms with Crippen molar-refractivity contribution in [2.24, 2.45) is 0 Å². The van der Waals surface area contributed by atoms with Gasteiger partial charge in [0.25, 0.3) is 0 Å². The van der Waals surface area contributed by atoms with E-state index in [0.717, 1.165) is 0 Å². The van der Waals surface area contributed by atoms with E-state index in [9.17, 15) is 19.2 Å². The van der Waals surface area contributed by atoms with Crippen molar-refractivity contribution in [3.63, 3.8) is 0 Å². The molecule has 2 heterocycles. The highest BCUT2D eigenvalue weighted by Crippen LogP contribution is 2.23. The molecule has 44 heavy (non-hydrogen) atoms. The fourth-order valence-electron chi connectivity index (χ4n) is 4.07. The molecule has 1 N–H and O–H groups in total. The number of nitrogens with zero attached hydrogens (tertiary/aromatic N) is 5. The Morgan fingerprint density at radius 1 is 0.773 bits per heavy atom. The molecular formula is C30H52N6O8. The van der Waals surface area contributed by atoms with E-state index in [1.807, 2.05) is 20.8 Å². The summed E-state index contributed by atoms with van der Waals surface area (Å²) in [5.41, 5.74) is -2.32.